The van der Waals surface area contributed by atoms with E-state index in [0.29, 0.717) is 0 Å². The Hall–Kier alpha value is -1.30. The van der Waals surface area contributed by atoms with E-state index in [1.54, 1.807) is 10.6 Å². The fraction of sp³-hybridized carbons (Fsp3) is 0.154. The molecule has 1 N–H and O–H groups in total. The number of benzene rings is 1. The molecule has 0 aliphatic carbocycles. The summed E-state index contributed by atoms with van der Waals surface area (Å²) in [5.74, 6) is -0.911. The van der Waals surface area contributed by atoms with Crippen LogP contribution in [-0.4, -0.2) is 15.6 Å². The van der Waals surface area contributed by atoms with E-state index in [1.807, 2.05) is 38.2 Å². The Bertz CT molecular complexity index is 587. The van der Waals surface area contributed by atoms with Gasteiger partial charge in [-0.1, -0.05) is 6.07 Å². The monoisotopic (exact) mass is 341 g/mol. The first-order chi connectivity index (χ1) is 7.99. The van der Waals surface area contributed by atoms with Crippen LogP contribution in [0.1, 0.15) is 21.6 Å². The fourth-order valence-electron chi connectivity index (χ4n) is 1.68. The summed E-state index contributed by atoms with van der Waals surface area (Å²) in [5.41, 5.74) is 3.53. The minimum Gasteiger partial charge on any atom is -0.477 e. The van der Waals surface area contributed by atoms with Gasteiger partial charge in [0.1, 0.15) is 5.69 Å². The number of hydrogen-bond acceptors (Lipinski definition) is 1. The van der Waals surface area contributed by atoms with Crippen molar-refractivity contribution in [3.05, 3.63) is 50.9 Å². The Balaban J connectivity index is 2.59. The predicted molar refractivity (Wildman–Crippen MR) is 74.9 cm³/mol. The summed E-state index contributed by atoms with van der Waals surface area (Å²) in [5, 5.41) is 9.14. The zero-order valence-corrected chi connectivity index (χ0v) is 11.7. The maximum absolute atomic E-state index is 11.1. The molecule has 0 spiro atoms. The standard InChI is InChI=1S/C13H12INO2/c1-8-3-4-11(5-9(8)2)15-7-10(14)6-12(15)13(16)17/h3-7H,1-2H3,(H,16,17). The zero-order chi connectivity index (χ0) is 12.6. The molecular weight excluding hydrogens is 329 g/mol. The molecular formula is C13H12INO2. The Morgan fingerprint density at radius 2 is 1.94 bits per heavy atom. The number of carboxylic acids is 1. The number of aromatic carboxylic acids is 1. The van der Waals surface area contributed by atoms with E-state index in [1.165, 1.54) is 5.56 Å². The van der Waals surface area contributed by atoms with Crippen molar-refractivity contribution in [2.75, 3.05) is 0 Å². The quantitative estimate of drug-likeness (QED) is 0.851. The van der Waals surface area contributed by atoms with Crippen LogP contribution in [0.5, 0.6) is 0 Å². The lowest BCUT2D eigenvalue weighted by atomic mass is 10.1. The smallest absolute Gasteiger partial charge is 0.352 e. The minimum absolute atomic E-state index is 0.289. The molecule has 0 fully saturated rings. The third-order valence-electron chi connectivity index (χ3n) is 2.77. The van der Waals surface area contributed by atoms with Crippen molar-refractivity contribution in [1.82, 2.24) is 4.57 Å². The Kier molecular flexibility index (Phi) is 3.24. The average molecular weight is 341 g/mol. The molecule has 0 atom stereocenters. The van der Waals surface area contributed by atoms with Crippen molar-refractivity contribution in [3.8, 4) is 5.69 Å². The van der Waals surface area contributed by atoms with Gasteiger partial charge in [0.05, 0.1) is 0 Å². The van der Waals surface area contributed by atoms with Crippen molar-refractivity contribution >= 4 is 28.6 Å². The molecule has 17 heavy (non-hydrogen) atoms. The van der Waals surface area contributed by atoms with Crippen LogP contribution in [0.4, 0.5) is 0 Å². The normalized spacial score (nSPS) is 10.5. The van der Waals surface area contributed by atoms with Crippen molar-refractivity contribution in [1.29, 1.82) is 0 Å². The van der Waals surface area contributed by atoms with E-state index in [4.69, 9.17) is 5.11 Å². The van der Waals surface area contributed by atoms with Crippen LogP contribution in [0.3, 0.4) is 0 Å². The molecule has 1 aromatic heterocycles. The molecule has 0 unspecified atom stereocenters. The maximum atomic E-state index is 11.1. The van der Waals surface area contributed by atoms with E-state index >= 15 is 0 Å². The van der Waals surface area contributed by atoms with Crippen LogP contribution in [0.25, 0.3) is 5.69 Å². The summed E-state index contributed by atoms with van der Waals surface area (Å²) in [6.45, 7) is 4.06. The van der Waals surface area contributed by atoms with Gasteiger partial charge in [-0.25, -0.2) is 4.79 Å². The lowest BCUT2D eigenvalue weighted by Gasteiger charge is -2.08. The first-order valence-electron chi connectivity index (χ1n) is 5.18. The number of aryl methyl sites for hydroxylation is 2. The van der Waals surface area contributed by atoms with E-state index < -0.39 is 5.97 Å². The highest BCUT2D eigenvalue weighted by atomic mass is 127. The third-order valence-corrected chi connectivity index (χ3v) is 3.36. The van der Waals surface area contributed by atoms with Gasteiger partial charge in [0.15, 0.2) is 0 Å². The second kappa shape index (κ2) is 4.52. The van der Waals surface area contributed by atoms with Gasteiger partial charge in [-0.15, -0.1) is 0 Å². The second-order valence-corrected chi connectivity index (χ2v) is 5.23. The van der Waals surface area contributed by atoms with Crippen LogP contribution >= 0.6 is 22.6 Å². The Morgan fingerprint density at radius 1 is 1.24 bits per heavy atom. The molecule has 88 valence electrons. The largest absolute Gasteiger partial charge is 0.477 e. The molecule has 0 aliphatic rings. The minimum atomic E-state index is -0.911. The maximum Gasteiger partial charge on any atom is 0.352 e. The van der Waals surface area contributed by atoms with E-state index in [2.05, 4.69) is 22.6 Å². The number of carboxylic acid groups (broad SMARTS) is 1. The van der Waals surface area contributed by atoms with Crippen LogP contribution < -0.4 is 0 Å². The van der Waals surface area contributed by atoms with Crippen LogP contribution in [-0.2, 0) is 0 Å². The SMILES string of the molecule is Cc1ccc(-n2cc(I)cc2C(=O)O)cc1C. The van der Waals surface area contributed by atoms with Crippen molar-refractivity contribution in [3.63, 3.8) is 0 Å². The summed E-state index contributed by atoms with van der Waals surface area (Å²) < 4.78 is 2.62. The van der Waals surface area contributed by atoms with Crippen molar-refractivity contribution in [2.45, 2.75) is 13.8 Å². The Morgan fingerprint density at radius 3 is 2.53 bits per heavy atom. The summed E-state index contributed by atoms with van der Waals surface area (Å²) in [6, 6.07) is 7.60. The third kappa shape index (κ3) is 2.36. The number of halogens is 1. The molecule has 4 heteroatoms. The average Bonchev–Trinajstić information content (AvgIpc) is 2.64. The summed E-state index contributed by atoms with van der Waals surface area (Å²) in [6.07, 6.45) is 1.83. The number of carbonyl (C=O) groups is 1. The lowest BCUT2D eigenvalue weighted by Crippen LogP contribution is -2.05. The lowest BCUT2D eigenvalue weighted by molar-refractivity contribution is 0.0688. The number of nitrogens with zero attached hydrogens (tertiary/aromatic N) is 1. The Labute approximate surface area is 113 Å². The van der Waals surface area contributed by atoms with Gasteiger partial charge in [0.2, 0.25) is 0 Å². The van der Waals surface area contributed by atoms with Gasteiger partial charge in [0, 0.05) is 15.5 Å². The highest BCUT2D eigenvalue weighted by Crippen LogP contribution is 2.19. The van der Waals surface area contributed by atoms with Gasteiger partial charge in [-0.05, 0) is 65.8 Å². The topological polar surface area (TPSA) is 42.2 Å². The van der Waals surface area contributed by atoms with E-state index in [-0.39, 0.29) is 5.69 Å². The first-order valence-corrected chi connectivity index (χ1v) is 6.25. The van der Waals surface area contributed by atoms with Crippen LogP contribution in [0, 0.1) is 17.4 Å². The summed E-state index contributed by atoms with van der Waals surface area (Å²) in [4.78, 5) is 11.1. The van der Waals surface area contributed by atoms with Crippen LogP contribution in [0.15, 0.2) is 30.5 Å². The van der Waals surface area contributed by atoms with Gasteiger partial charge in [-0.2, -0.15) is 0 Å². The van der Waals surface area contributed by atoms with E-state index in [9.17, 15) is 4.79 Å². The van der Waals surface area contributed by atoms with Crippen LogP contribution in [0.2, 0.25) is 0 Å². The van der Waals surface area contributed by atoms with Gasteiger partial charge in [-0.3, -0.25) is 0 Å². The molecule has 0 saturated carbocycles. The molecule has 0 bridgehead atoms. The molecule has 3 nitrogen and oxygen atoms in total. The van der Waals surface area contributed by atoms with Crippen molar-refractivity contribution in [2.24, 2.45) is 0 Å². The number of aromatic nitrogens is 1. The number of hydrogen-bond donors (Lipinski definition) is 1. The highest BCUT2D eigenvalue weighted by molar-refractivity contribution is 14.1. The molecule has 0 aliphatic heterocycles. The number of rotatable bonds is 2. The van der Waals surface area contributed by atoms with Gasteiger partial charge in [0.25, 0.3) is 0 Å². The molecule has 1 heterocycles. The first kappa shape index (κ1) is 12.2. The molecule has 0 amide bonds. The van der Waals surface area contributed by atoms with E-state index in [0.717, 1.165) is 14.8 Å². The van der Waals surface area contributed by atoms with Crippen molar-refractivity contribution < 1.29 is 9.90 Å². The molecule has 2 aromatic rings. The molecule has 0 radical (unpaired) electrons. The fourth-order valence-corrected chi connectivity index (χ4v) is 2.26. The molecule has 2 rings (SSSR count). The molecule has 1 aromatic carbocycles. The summed E-state index contributed by atoms with van der Waals surface area (Å²) in [7, 11) is 0. The predicted octanol–water partition coefficient (Wildman–Crippen LogP) is 3.40. The molecule has 0 saturated heterocycles. The summed E-state index contributed by atoms with van der Waals surface area (Å²) >= 11 is 2.12. The second-order valence-electron chi connectivity index (χ2n) is 3.99. The highest BCUT2D eigenvalue weighted by Gasteiger charge is 2.13. The van der Waals surface area contributed by atoms with Gasteiger partial charge >= 0.3 is 5.97 Å². The zero-order valence-electron chi connectivity index (χ0n) is 9.57. The van der Waals surface area contributed by atoms with Gasteiger partial charge < -0.3 is 9.67 Å².